The van der Waals surface area contributed by atoms with E-state index in [2.05, 4.69) is 22.5 Å². The van der Waals surface area contributed by atoms with Crippen LogP contribution in [0, 0.1) is 13.8 Å². The number of nitrogens with one attached hydrogen (secondary N) is 1. The average Bonchev–Trinajstić information content (AvgIpc) is 3.05. The second-order valence-electron chi connectivity index (χ2n) is 8.16. The molecule has 164 valence electrons. The number of rotatable bonds is 6. The summed E-state index contributed by atoms with van der Waals surface area (Å²) in [6.07, 6.45) is 3.89. The largest absolute Gasteiger partial charge is 0.352 e. The molecule has 6 heteroatoms. The number of benzene rings is 2. The second kappa shape index (κ2) is 9.22. The van der Waals surface area contributed by atoms with Gasteiger partial charge in [-0.1, -0.05) is 54.6 Å². The molecular weight excluding hydrogens is 400 g/mol. The van der Waals surface area contributed by atoms with Crippen molar-refractivity contribution in [3.63, 3.8) is 0 Å². The smallest absolute Gasteiger partial charge is 0.223 e. The normalized spacial score (nSPS) is 14.8. The van der Waals surface area contributed by atoms with E-state index < -0.39 is 0 Å². The third-order valence-electron chi connectivity index (χ3n) is 6.02. The highest BCUT2D eigenvalue weighted by molar-refractivity contribution is 5.81. The number of carbonyl (C=O) groups excluding carboxylic acids is 2. The Morgan fingerprint density at radius 3 is 2.50 bits per heavy atom. The maximum atomic E-state index is 12.9. The van der Waals surface area contributed by atoms with E-state index in [0.717, 1.165) is 28.1 Å². The van der Waals surface area contributed by atoms with Gasteiger partial charge in [-0.05, 0) is 36.6 Å². The molecule has 0 spiro atoms. The summed E-state index contributed by atoms with van der Waals surface area (Å²) < 4.78 is 1.98. The van der Waals surface area contributed by atoms with E-state index in [1.54, 1.807) is 11.1 Å². The summed E-state index contributed by atoms with van der Waals surface area (Å²) in [4.78, 5) is 26.7. The first kappa shape index (κ1) is 21.6. The Balaban J connectivity index is 1.45. The SMILES string of the molecule is CC(=O)N1C=Cc2ccccc2C1CC(=O)NCc1c(C)nn(Cc2ccccc2)c1C. The van der Waals surface area contributed by atoms with Crippen molar-refractivity contribution in [1.82, 2.24) is 20.0 Å². The monoisotopic (exact) mass is 428 g/mol. The summed E-state index contributed by atoms with van der Waals surface area (Å²) in [7, 11) is 0. The summed E-state index contributed by atoms with van der Waals surface area (Å²) in [6, 6.07) is 17.8. The lowest BCUT2D eigenvalue weighted by Crippen LogP contribution is -2.35. The highest BCUT2D eigenvalue weighted by Crippen LogP contribution is 2.32. The molecule has 0 radical (unpaired) electrons. The van der Waals surface area contributed by atoms with Crippen LogP contribution < -0.4 is 5.32 Å². The van der Waals surface area contributed by atoms with Crippen LogP contribution in [0.1, 0.15) is 53.0 Å². The molecule has 2 aromatic carbocycles. The Morgan fingerprint density at radius 2 is 1.75 bits per heavy atom. The van der Waals surface area contributed by atoms with Gasteiger partial charge in [0.05, 0.1) is 24.7 Å². The first-order valence-corrected chi connectivity index (χ1v) is 10.8. The Kier molecular flexibility index (Phi) is 6.21. The molecule has 32 heavy (non-hydrogen) atoms. The highest BCUT2D eigenvalue weighted by atomic mass is 16.2. The minimum Gasteiger partial charge on any atom is -0.352 e. The fourth-order valence-electron chi connectivity index (χ4n) is 4.25. The zero-order valence-electron chi connectivity index (χ0n) is 18.7. The molecule has 0 aliphatic carbocycles. The number of nitrogens with zero attached hydrogens (tertiary/aromatic N) is 3. The Hall–Kier alpha value is -3.67. The van der Waals surface area contributed by atoms with Gasteiger partial charge in [0, 0.05) is 30.9 Å². The lowest BCUT2D eigenvalue weighted by Gasteiger charge is -2.32. The highest BCUT2D eigenvalue weighted by Gasteiger charge is 2.28. The lowest BCUT2D eigenvalue weighted by molar-refractivity contribution is -0.130. The summed E-state index contributed by atoms with van der Waals surface area (Å²) in [6.45, 7) is 6.63. The van der Waals surface area contributed by atoms with Crippen LogP contribution in [0.4, 0.5) is 0 Å². The van der Waals surface area contributed by atoms with E-state index in [4.69, 9.17) is 0 Å². The third kappa shape index (κ3) is 4.49. The number of aryl methyl sites for hydroxylation is 1. The van der Waals surface area contributed by atoms with E-state index in [9.17, 15) is 9.59 Å². The molecule has 0 saturated heterocycles. The van der Waals surface area contributed by atoms with Gasteiger partial charge in [0.25, 0.3) is 0 Å². The summed E-state index contributed by atoms with van der Waals surface area (Å²) in [5.41, 5.74) is 6.20. The van der Waals surface area contributed by atoms with Gasteiger partial charge in [-0.2, -0.15) is 5.10 Å². The molecule has 0 fully saturated rings. The van der Waals surface area contributed by atoms with E-state index in [-0.39, 0.29) is 24.3 Å². The van der Waals surface area contributed by atoms with Crippen molar-refractivity contribution in [2.24, 2.45) is 0 Å². The first-order chi connectivity index (χ1) is 15.4. The van der Waals surface area contributed by atoms with Crippen molar-refractivity contribution in [3.8, 4) is 0 Å². The molecule has 1 atom stereocenters. The fourth-order valence-corrected chi connectivity index (χ4v) is 4.25. The molecule has 6 nitrogen and oxygen atoms in total. The van der Waals surface area contributed by atoms with Crippen LogP contribution in [0.15, 0.2) is 60.8 Å². The molecule has 0 bridgehead atoms. The number of aromatic nitrogens is 2. The summed E-state index contributed by atoms with van der Waals surface area (Å²) >= 11 is 0. The fraction of sp³-hybridized carbons (Fsp3) is 0.269. The number of fused-ring (bicyclic) bond motifs is 1. The zero-order chi connectivity index (χ0) is 22.7. The molecule has 1 N–H and O–H groups in total. The third-order valence-corrected chi connectivity index (χ3v) is 6.02. The molecule has 4 rings (SSSR count). The molecule has 1 unspecified atom stereocenters. The summed E-state index contributed by atoms with van der Waals surface area (Å²) in [5.74, 6) is -0.177. The van der Waals surface area contributed by atoms with Crippen molar-refractivity contribution < 1.29 is 9.59 Å². The number of carbonyl (C=O) groups is 2. The van der Waals surface area contributed by atoms with Gasteiger partial charge in [-0.25, -0.2) is 0 Å². The molecule has 2 heterocycles. The van der Waals surface area contributed by atoms with E-state index >= 15 is 0 Å². The van der Waals surface area contributed by atoms with E-state index in [0.29, 0.717) is 13.1 Å². The van der Waals surface area contributed by atoms with Crippen LogP contribution in [0.3, 0.4) is 0 Å². The van der Waals surface area contributed by atoms with Gasteiger partial charge in [0.2, 0.25) is 11.8 Å². The van der Waals surface area contributed by atoms with Crippen molar-refractivity contribution in [3.05, 3.63) is 94.4 Å². The standard InChI is InChI=1S/C26H28N4O2/c1-18-24(19(2)30(28-18)17-21-9-5-4-6-10-21)16-27-26(32)15-25-23-12-8-7-11-22(23)13-14-29(25)20(3)31/h4-14,25H,15-17H2,1-3H3,(H,27,32). The van der Waals surface area contributed by atoms with Crippen LogP contribution in [0.25, 0.3) is 6.08 Å². The topological polar surface area (TPSA) is 67.2 Å². The van der Waals surface area contributed by atoms with Crippen LogP contribution >= 0.6 is 0 Å². The van der Waals surface area contributed by atoms with Crippen LogP contribution in [-0.4, -0.2) is 26.5 Å². The Bertz CT molecular complexity index is 1160. The van der Waals surface area contributed by atoms with Crippen LogP contribution in [0.5, 0.6) is 0 Å². The quantitative estimate of drug-likeness (QED) is 0.642. The number of amides is 2. The molecule has 3 aromatic rings. The van der Waals surface area contributed by atoms with Gasteiger partial charge in [-0.15, -0.1) is 0 Å². The van der Waals surface area contributed by atoms with Gasteiger partial charge < -0.3 is 10.2 Å². The van der Waals surface area contributed by atoms with Gasteiger partial charge in [0.1, 0.15) is 0 Å². The maximum Gasteiger partial charge on any atom is 0.223 e. The first-order valence-electron chi connectivity index (χ1n) is 10.8. The van der Waals surface area contributed by atoms with Crippen molar-refractivity contribution >= 4 is 17.9 Å². The van der Waals surface area contributed by atoms with Gasteiger partial charge in [-0.3, -0.25) is 14.3 Å². The summed E-state index contributed by atoms with van der Waals surface area (Å²) in [5, 5.41) is 7.71. The van der Waals surface area contributed by atoms with Crippen LogP contribution in [-0.2, 0) is 22.7 Å². The predicted molar refractivity (Wildman–Crippen MR) is 124 cm³/mol. The Labute approximate surface area is 188 Å². The zero-order valence-corrected chi connectivity index (χ0v) is 18.7. The molecule has 1 aliphatic heterocycles. The van der Waals surface area contributed by atoms with E-state index in [1.807, 2.05) is 67.1 Å². The lowest BCUT2D eigenvalue weighted by atomic mass is 9.93. The molecule has 2 amide bonds. The minimum atomic E-state index is -0.309. The van der Waals surface area contributed by atoms with Gasteiger partial charge in [0.15, 0.2) is 0 Å². The molecule has 0 saturated carbocycles. The maximum absolute atomic E-state index is 12.9. The van der Waals surface area contributed by atoms with Gasteiger partial charge >= 0.3 is 0 Å². The van der Waals surface area contributed by atoms with Crippen molar-refractivity contribution in [2.75, 3.05) is 0 Å². The Morgan fingerprint density at radius 1 is 1.03 bits per heavy atom. The molecule has 1 aliphatic rings. The van der Waals surface area contributed by atoms with Crippen LogP contribution in [0.2, 0.25) is 0 Å². The average molecular weight is 429 g/mol. The number of hydrogen-bond donors (Lipinski definition) is 1. The minimum absolute atomic E-state index is 0.0811. The molecular formula is C26H28N4O2. The van der Waals surface area contributed by atoms with Crippen molar-refractivity contribution in [2.45, 2.75) is 46.3 Å². The second-order valence-corrected chi connectivity index (χ2v) is 8.16. The van der Waals surface area contributed by atoms with E-state index in [1.165, 1.54) is 12.5 Å². The van der Waals surface area contributed by atoms with Crippen molar-refractivity contribution in [1.29, 1.82) is 0 Å². The predicted octanol–water partition coefficient (Wildman–Crippen LogP) is 4.13. The number of hydrogen-bond acceptors (Lipinski definition) is 3. The molecule has 1 aromatic heterocycles.